The van der Waals surface area contributed by atoms with Crippen molar-refractivity contribution in [2.24, 2.45) is 5.73 Å². The number of aromatic hydroxyl groups is 1. The second-order valence-electron chi connectivity index (χ2n) is 3.73. The van der Waals surface area contributed by atoms with Crippen molar-refractivity contribution in [2.75, 3.05) is 6.54 Å². The Balaban J connectivity index is 2.14. The van der Waals surface area contributed by atoms with Crippen molar-refractivity contribution >= 4 is 0 Å². The van der Waals surface area contributed by atoms with Crippen LogP contribution in [0.4, 0.5) is 0 Å². The van der Waals surface area contributed by atoms with E-state index >= 15 is 0 Å². The van der Waals surface area contributed by atoms with Crippen molar-refractivity contribution in [3.63, 3.8) is 0 Å². The molecule has 1 fully saturated rings. The minimum absolute atomic E-state index is 0.197. The molecule has 0 unspecified atom stereocenters. The normalized spacial score (nSPS) is 15.8. The van der Waals surface area contributed by atoms with Gasteiger partial charge in [-0.2, -0.15) is 0 Å². The lowest BCUT2D eigenvalue weighted by Crippen LogP contribution is -2.03. The Kier molecular flexibility index (Phi) is 2.63. The van der Waals surface area contributed by atoms with Gasteiger partial charge in [-0.1, -0.05) is 0 Å². The number of hydrogen-bond donors (Lipinski definition) is 2. The number of aryl methyl sites for hydroxylation is 1. The lowest BCUT2D eigenvalue weighted by Gasteiger charge is -2.04. The smallest absolute Gasteiger partial charge is 0.155 e. The number of nitrogens with zero attached hydrogens (tertiary/aromatic N) is 2. The van der Waals surface area contributed by atoms with Crippen molar-refractivity contribution in [3.05, 3.63) is 17.7 Å². The van der Waals surface area contributed by atoms with E-state index in [1.807, 2.05) is 0 Å². The second-order valence-corrected chi connectivity index (χ2v) is 3.73. The summed E-state index contributed by atoms with van der Waals surface area (Å²) in [5, 5.41) is 9.50. The molecule has 1 saturated carbocycles. The van der Waals surface area contributed by atoms with Gasteiger partial charge in [0.05, 0.1) is 11.9 Å². The largest absolute Gasteiger partial charge is 0.504 e. The van der Waals surface area contributed by atoms with E-state index in [9.17, 15) is 5.11 Å². The summed E-state index contributed by atoms with van der Waals surface area (Å²) in [6.07, 6.45) is 5.47. The highest BCUT2D eigenvalue weighted by Gasteiger charge is 2.27. The summed E-state index contributed by atoms with van der Waals surface area (Å²) >= 11 is 0. The van der Waals surface area contributed by atoms with E-state index in [0.717, 1.165) is 24.4 Å². The summed E-state index contributed by atoms with van der Waals surface area (Å²) in [6, 6.07) is 0. The third-order valence-electron chi connectivity index (χ3n) is 2.42. The molecule has 1 heterocycles. The van der Waals surface area contributed by atoms with Gasteiger partial charge in [-0.15, -0.1) is 0 Å². The van der Waals surface area contributed by atoms with Crippen LogP contribution in [-0.4, -0.2) is 21.6 Å². The molecule has 0 amide bonds. The first-order chi connectivity index (χ1) is 6.81. The average Bonchev–Trinajstić information content (AvgIpc) is 3.00. The Labute approximate surface area is 83.2 Å². The Morgan fingerprint density at radius 3 is 2.93 bits per heavy atom. The average molecular weight is 193 g/mol. The van der Waals surface area contributed by atoms with E-state index in [1.54, 1.807) is 0 Å². The quantitative estimate of drug-likeness (QED) is 0.746. The predicted molar refractivity (Wildman–Crippen MR) is 53.0 cm³/mol. The molecule has 0 bridgehead atoms. The number of hydrogen-bond acceptors (Lipinski definition) is 4. The fourth-order valence-electron chi connectivity index (χ4n) is 1.42. The molecule has 2 rings (SSSR count). The van der Waals surface area contributed by atoms with Gasteiger partial charge in [0.2, 0.25) is 0 Å². The van der Waals surface area contributed by atoms with Crippen molar-refractivity contribution < 1.29 is 5.11 Å². The van der Waals surface area contributed by atoms with Gasteiger partial charge in [0, 0.05) is 5.92 Å². The SMILES string of the molecule is NCCCc1nc(C2CC2)ncc1O. The van der Waals surface area contributed by atoms with Crippen LogP contribution in [0, 0.1) is 0 Å². The summed E-state index contributed by atoms with van der Waals surface area (Å²) in [5.74, 6) is 1.62. The molecule has 1 aliphatic rings. The molecule has 0 aliphatic heterocycles. The molecule has 14 heavy (non-hydrogen) atoms. The maximum absolute atomic E-state index is 9.50. The van der Waals surface area contributed by atoms with Gasteiger partial charge in [0.15, 0.2) is 5.75 Å². The molecule has 0 atom stereocenters. The van der Waals surface area contributed by atoms with Crippen LogP contribution in [0.1, 0.15) is 36.7 Å². The molecule has 1 aromatic rings. The first-order valence-corrected chi connectivity index (χ1v) is 5.06. The van der Waals surface area contributed by atoms with Gasteiger partial charge in [-0.25, -0.2) is 9.97 Å². The zero-order chi connectivity index (χ0) is 9.97. The molecule has 0 aromatic carbocycles. The third kappa shape index (κ3) is 2.01. The van der Waals surface area contributed by atoms with Crippen molar-refractivity contribution in [3.8, 4) is 5.75 Å². The highest BCUT2D eigenvalue weighted by Crippen LogP contribution is 2.38. The molecule has 76 valence electrons. The Hall–Kier alpha value is -1.16. The maximum Gasteiger partial charge on any atom is 0.155 e. The van der Waals surface area contributed by atoms with Gasteiger partial charge < -0.3 is 10.8 Å². The highest BCUT2D eigenvalue weighted by molar-refractivity contribution is 5.24. The van der Waals surface area contributed by atoms with E-state index in [2.05, 4.69) is 9.97 Å². The molecular weight excluding hydrogens is 178 g/mol. The Bertz CT molecular complexity index is 323. The summed E-state index contributed by atoms with van der Waals surface area (Å²) in [4.78, 5) is 8.47. The van der Waals surface area contributed by atoms with E-state index in [0.29, 0.717) is 12.5 Å². The van der Waals surface area contributed by atoms with E-state index < -0.39 is 0 Å². The fourth-order valence-corrected chi connectivity index (χ4v) is 1.42. The van der Waals surface area contributed by atoms with E-state index in [-0.39, 0.29) is 5.75 Å². The first kappa shape index (κ1) is 9.40. The van der Waals surface area contributed by atoms with Gasteiger partial charge >= 0.3 is 0 Å². The molecule has 0 spiro atoms. The lowest BCUT2D eigenvalue weighted by atomic mass is 10.2. The van der Waals surface area contributed by atoms with Gasteiger partial charge in [0.25, 0.3) is 0 Å². The lowest BCUT2D eigenvalue weighted by molar-refractivity contribution is 0.458. The summed E-state index contributed by atoms with van der Waals surface area (Å²) in [6.45, 7) is 0.627. The molecule has 0 radical (unpaired) electrons. The van der Waals surface area contributed by atoms with Crippen LogP contribution in [0.25, 0.3) is 0 Å². The van der Waals surface area contributed by atoms with Crippen LogP contribution in [0.2, 0.25) is 0 Å². The molecule has 4 nitrogen and oxygen atoms in total. The van der Waals surface area contributed by atoms with Crippen molar-refractivity contribution in [1.82, 2.24) is 9.97 Å². The Morgan fingerprint density at radius 2 is 2.29 bits per heavy atom. The molecule has 1 aliphatic carbocycles. The topological polar surface area (TPSA) is 72.0 Å². The maximum atomic E-state index is 9.50. The Morgan fingerprint density at radius 1 is 1.50 bits per heavy atom. The monoisotopic (exact) mass is 193 g/mol. The van der Waals surface area contributed by atoms with Crippen LogP contribution < -0.4 is 5.73 Å². The summed E-state index contributed by atoms with van der Waals surface area (Å²) < 4.78 is 0. The minimum atomic E-state index is 0.197. The van der Waals surface area contributed by atoms with Crippen LogP contribution >= 0.6 is 0 Å². The van der Waals surface area contributed by atoms with Crippen molar-refractivity contribution in [2.45, 2.75) is 31.6 Å². The number of rotatable bonds is 4. The van der Waals surface area contributed by atoms with Crippen LogP contribution in [0.5, 0.6) is 5.75 Å². The van der Waals surface area contributed by atoms with E-state index in [4.69, 9.17) is 5.73 Å². The molecule has 4 heteroatoms. The van der Waals surface area contributed by atoms with Crippen LogP contribution in [-0.2, 0) is 6.42 Å². The number of nitrogens with two attached hydrogens (primary N) is 1. The first-order valence-electron chi connectivity index (χ1n) is 5.06. The molecule has 0 saturated heterocycles. The van der Waals surface area contributed by atoms with Gasteiger partial charge in [0.1, 0.15) is 5.82 Å². The van der Waals surface area contributed by atoms with Crippen LogP contribution in [0.15, 0.2) is 6.20 Å². The molecule has 1 aromatic heterocycles. The van der Waals surface area contributed by atoms with E-state index in [1.165, 1.54) is 19.0 Å². The molecular formula is C10H15N3O. The fraction of sp³-hybridized carbons (Fsp3) is 0.600. The van der Waals surface area contributed by atoms with Crippen LogP contribution in [0.3, 0.4) is 0 Å². The minimum Gasteiger partial charge on any atom is -0.504 e. The predicted octanol–water partition coefficient (Wildman–Crippen LogP) is 0.951. The van der Waals surface area contributed by atoms with Gasteiger partial charge in [-0.3, -0.25) is 0 Å². The highest BCUT2D eigenvalue weighted by atomic mass is 16.3. The third-order valence-corrected chi connectivity index (χ3v) is 2.42. The van der Waals surface area contributed by atoms with Gasteiger partial charge in [-0.05, 0) is 32.2 Å². The molecule has 3 N–H and O–H groups in total. The number of aromatic nitrogens is 2. The summed E-state index contributed by atoms with van der Waals surface area (Å²) in [7, 11) is 0. The zero-order valence-corrected chi connectivity index (χ0v) is 8.11. The summed E-state index contributed by atoms with van der Waals surface area (Å²) in [5.41, 5.74) is 6.15. The standard InChI is InChI=1S/C10H15N3O/c11-5-1-2-8-9(14)6-12-10(13-8)7-3-4-7/h6-7,14H,1-5,11H2. The second kappa shape index (κ2) is 3.92. The van der Waals surface area contributed by atoms with Crippen molar-refractivity contribution in [1.29, 1.82) is 0 Å². The zero-order valence-electron chi connectivity index (χ0n) is 8.11.